The van der Waals surface area contributed by atoms with Gasteiger partial charge in [0.05, 0.1) is 10.7 Å². The van der Waals surface area contributed by atoms with Gasteiger partial charge in [-0.05, 0) is 17.5 Å². The molecule has 80 valence electrons. The molecule has 0 fully saturated rings. The topological polar surface area (TPSA) is 26.0 Å². The first kappa shape index (κ1) is 13.3. The van der Waals surface area contributed by atoms with E-state index in [2.05, 4.69) is 27.7 Å². The summed E-state index contributed by atoms with van der Waals surface area (Å²) in [5, 5.41) is 0.649. The molecule has 1 nitrogen and oxygen atoms in total. The highest BCUT2D eigenvalue weighted by Crippen LogP contribution is 2.27. The highest BCUT2D eigenvalue weighted by molar-refractivity contribution is 6.33. The number of para-hydroxylation sites is 1. The third-order valence-corrected chi connectivity index (χ3v) is 2.04. The van der Waals surface area contributed by atoms with Crippen LogP contribution in [0.15, 0.2) is 18.2 Å². The Bertz CT molecular complexity index is 269. The van der Waals surface area contributed by atoms with Crippen molar-refractivity contribution in [2.24, 2.45) is 0 Å². The first-order valence-electron chi connectivity index (χ1n) is 5.08. The van der Waals surface area contributed by atoms with Crippen molar-refractivity contribution < 1.29 is 0 Å². The van der Waals surface area contributed by atoms with Crippen molar-refractivity contribution in [1.82, 2.24) is 0 Å². The molecule has 0 aliphatic heterocycles. The van der Waals surface area contributed by atoms with E-state index in [4.69, 9.17) is 17.3 Å². The van der Waals surface area contributed by atoms with Crippen LogP contribution in [0.1, 0.15) is 45.6 Å². The minimum absolute atomic E-state index is 0.439. The summed E-state index contributed by atoms with van der Waals surface area (Å²) in [5.74, 6) is 0.439. The Kier molecular flexibility index (Phi) is 6.39. The van der Waals surface area contributed by atoms with Crippen LogP contribution in [0.2, 0.25) is 5.02 Å². The Labute approximate surface area is 92.3 Å². The number of benzene rings is 1. The van der Waals surface area contributed by atoms with Crippen LogP contribution in [0.5, 0.6) is 0 Å². The van der Waals surface area contributed by atoms with Gasteiger partial charge in [0.25, 0.3) is 0 Å². The Morgan fingerprint density at radius 1 is 1.29 bits per heavy atom. The second kappa shape index (κ2) is 6.72. The molecule has 0 saturated heterocycles. The van der Waals surface area contributed by atoms with Crippen LogP contribution in [0.25, 0.3) is 0 Å². The fourth-order valence-electron chi connectivity index (χ4n) is 1.06. The average molecular weight is 214 g/mol. The van der Waals surface area contributed by atoms with Gasteiger partial charge in [0.1, 0.15) is 0 Å². The average Bonchev–Trinajstić information content (AvgIpc) is 2.10. The smallest absolute Gasteiger partial charge is 0.0638 e. The van der Waals surface area contributed by atoms with Crippen LogP contribution in [-0.2, 0) is 0 Å². The molecule has 0 aliphatic carbocycles. The minimum atomic E-state index is 0.439. The molecule has 2 heteroatoms. The van der Waals surface area contributed by atoms with Gasteiger partial charge in [-0.25, -0.2) is 0 Å². The van der Waals surface area contributed by atoms with Gasteiger partial charge in [-0.3, -0.25) is 0 Å². The van der Waals surface area contributed by atoms with Crippen LogP contribution in [0.3, 0.4) is 0 Å². The quantitative estimate of drug-likeness (QED) is 0.685. The number of anilines is 1. The van der Waals surface area contributed by atoms with Crippen LogP contribution < -0.4 is 5.73 Å². The summed E-state index contributed by atoms with van der Waals surface area (Å²) in [6.07, 6.45) is 1.25. The maximum atomic E-state index is 5.83. The molecular formula is C12H20ClN. The van der Waals surface area contributed by atoms with E-state index in [0.29, 0.717) is 16.6 Å². The number of nitrogen functional groups attached to an aromatic ring is 1. The summed E-state index contributed by atoms with van der Waals surface area (Å²) in [5.41, 5.74) is 7.59. The van der Waals surface area contributed by atoms with Crippen molar-refractivity contribution in [2.75, 3.05) is 5.73 Å². The molecule has 0 atom stereocenters. The zero-order chi connectivity index (χ0) is 11.1. The number of nitrogens with two attached hydrogens (primary N) is 1. The number of rotatable bonds is 1. The molecule has 0 bridgehead atoms. The summed E-state index contributed by atoms with van der Waals surface area (Å²) in [4.78, 5) is 0. The number of hydrogen-bond donors (Lipinski definition) is 1. The zero-order valence-corrected chi connectivity index (χ0v) is 10.2. The molecule has 0 amide bonds. The molecular weight excluding hydrogens is 194 g/mol. The summed E-state index contributed by atoms with van der Waals surface area (Å²) in [7, 11) is 0. The van der Waals surface area contributed by atoms with E-state index in [1.807, 2.05) is 18.2 Å². The van der Waals surface area contributed by atoms with E-state index in [1.165, 1.54) is 6.42 Å². The van der Waals surface area contributed by atoms with E-state index in [-0.39, 0.29) is 0 Å². The van der Waals surface area contributed by atoms with Crippen LogP contribution >= 0.6 is 11.6 Å². The number of hydrogen-bond acceptors (Lipinski definition) is 1. The Morgan fingerprint density at radius 3 is 2.14 bits per heavy atom. The van der Waals surface area contributed by atoms with E-state index >= 15 is 0 Å². The van der Waals surface area contributed by atoms with E-state index in [1.54, 1.807) is 0 Å². The Hall–Kier alpha value is -0.690. The predicted octanol–water partition coefficient (Wildman–Crippen LogP) is 4.46. The van der Waals surface area contributed by atoms with Crippen LogP contribution in [-0.4, -0.2) is 0 Å². The van der Waals surface area contributed by atoms with Gasteiger partial charge in [-0.2, -0.15) is 0 Å². The van der Waals surface area contributed by atoms with Gasteiger partial charge in [-0.15, -0.1) is 0 Å². The summed E-state index contributed by atoms with van der Waals surface area (Å²) >= 11 is 5.83. The van der Waals surface area contributed by atoms with Gasteiger partial charge >= 0.3 is 0 Å². The second-order valence-electron chi connectivity index (χ2n) is 3.60. The second-order valence-corrected chi connectivity index (χ2v) is 4.01. The van der Waals surface area contributed by atoms with Crippen molar-refractivity contribution >= 4 is 17.3 Å². The van der Waals surface area contributed by atoms with Crippen molar-refractivity contribution in [3.8, 4) is 0 Å². The normalized spacial score (nSPS) is 9.57. The highest BCUT2D eigenvalue weighted by atomic mass is 35.5. The Morgan fingerprint density at radius 2 is 1.79 bits per heavy atom. The Balaban J connectivity index is 0.000000500. The third-order valence-electron chi connectivity index (χ3n) is 1.71. The fraction of sp³-hybridized carbons (Fsp3) is 0.500. The lowest BCUT2D eigenvalue weighted by atomic mass is 10.0. The first-order valence-corrected chi connectivity index (χ1v) is 5.46. The van der Waals surface area contributed by atoms with Crippen LogP contribution in [0, 0.1) is 0 Å². The minimum Gasteiger partial charge on any atom is -0.397 e. The molecule has 0 unspecified atom stereocenters. The standard InChI is InChI=1S/C9H12ClN.C3H8/c1-6(2)7-4-3-5-8(10)9(7)11;1-3-2/h3-6H,11H2,1-2H3;3H2,1-2H3. The lowest BCUT2D eigenvalue weighted by Crippen LogP contribution is -1.96. The number of halogens is 1. The maximum absolute atomic E-state index is 5.83. The molecule has 1 aromatic carbocycles. The van der Waals surface area contributed by atoms with Crippen molar-refractivity contribution in [2.45, 2.75) is 40.0 Å². The molecule has 14 heavy (non-hydrogen) atoms. The zero-order valence-electron chi connectivity index (χ0n) is 9.47. The lowest BCUT2D eigenvalue weighted by molar-refractivity contribution is 0.870. The highest BCUT2D eigenvalue weighted by Gasteiger charge is 2.05. The SMILES string of the molecule is CC(C)c1cccc(Cl)c1N.CCC. The summed E-state index contributed by atoms with van der Waals surface area (Å²) in [6.45, 7) is 8.45. The van der Waals surface area contributed by atoms with Crippen molar-refractivity contribution in [3.63, 3.8) is 0 Å². The van der Waals surface area contributed by atoms with Crippen molar-refractivity contribution in [1.29, 1.82) is 0 Å². The van der Waals surface area contributed by atoms with Gasteiger partial charge in [0.2, 0.25) is 0 Å². The largest absolute Gasteiger partial charge is 0.397 e. The maximum Gasteiger partial charge on any atom is 0.0638 e. The third kappa shape index (κ3) is 4.01. The molecule has 0 saturated carbocycles. The first-order chi connectivity index (χ1) is 6.54. The fourth-order valence-corrected chi connectivity index (χ4v) is 1.24. The molecule has 0 aromatic heterocycles. The molecule has 2 N–H and O–H groups in total. The lowest BCUT2D eigenvalue weighted by Gasteiger charge is -2.09. The molecule has 0 heterocycles. The van der Waals surface area contributed by atoms with Gasteiger partial charge in [0.15, 0.2) is 0 Å². The monoisotopic (exact) mass is 213 g/mol. The molecule has 0 spiro atoms. The molecule has 0 aliphatic rings. The molecule has 1 rings (SSSR count). The van der Waals surface area contributed by atoms with Gasteiger partial charge < -0.3 is 5.73 Å². The van der Waals surface area contributed by atoms with Crippen LogP contribution in [0.4, 0.5) is 5.69 Å². The summed E-state index contributed by atoms with van der Waals surface area (Å²) < 4.78 is 0. The van der Waals surface area contributed by atoms with Crippen molar-refractivity contribution in [3.05, 3.63) is 28.8 Å². The summed E-state index contributed by atoms with van der Waals surface area (Å²) in [6, 6.07) is 5.74. The van der Waals surface area contributed by atoms with Gasteiger partial charge in [-0.1, -0.05) is 57.8 Å². The van der Waals surface area contributed by atoms with E-state index < -0.39 is 0 Å². The van der Waals surface area contributed by atoms with Gasteiger partial charge in [0, 0.05) is 0 Å². The van der Waals surface area contributed by atoms with E-state index in [9.17, 15) is 0 Å². The molecule has 0 radical (unpaired) electrons. The predicted molar refractivity (Wildman–Crippen MR) is 65.9 cm³/mol. The molecule has 1 aromatic rings. The van der Waals surface area contributed by atoms with E-state index in [0.717, 1.165) is 5.56 Å².